The summed E-state index contributed by atoms with van der Waals surface area (Å²) in [5.74, 6) is -0.305. The normalized spacial score (nSPS) is 17.3. The molecule has 1 aliphatic heterocycles. The molecule has 0 bridgehead atoms. The lowest BCUT2D eigenvalue weighted by atomic mass is 10.0. The predicted octanol–water partition coefficient (Wildman–Crippen LogP) is 3.74. The fraction of sp³-hybridized carbons (Fsp3) is 0.235. The third-order valence-electron chi connectivity index (χ3n) is 3.64. The summed E-state index contributed by atoms with van der Waals surface area (Å²) in [6.07, 6.45) is 0.851. The zero-order valence-corrected chi connectivity index (χ0v) is 11.8. The number of carbonyl (C=O) groups is 1. The summed E-state index contributed by atoms with van der Waals surface area (Å²) in [6, 6.07) is 13.5. The van der Waals surface area contributed by atoms with Gasteiger partial charge in [-0.25, -0.2) is 4.39 Å². The van der Waals surface area contributed by atoms with Crippen molar-refractivity contribution < 1.29 is 9.18 Å². The summed E-state index contributed by atoms with van der Waals surface area (Å²) in [5, 5.41) is 3.16. The van der Waals surface area contributed by atoms with Crippen molar-refractivity contribution in [3.63, 3.8) is 0 Å². The molecule has 21 heavy (non-hydrogen) atoms. The molecule has 0 spiro atoms. The Morgan fingerprint density at radius 2 is 1.95 bits per heavy atom. The van der Waals surface area contributed by atoms with Gasteiger partial charge in [0, 0.05) is 6.54 Å². The van der Waals surface area contributed by atoms with E-state index in [0.29, 0.717) is 12.2 Å². The number of hydrogen-bond donors (Lipinski definition) is 1. The van der Waals surface area contributed by atoms with E-state index in [9.17, 15) is 9.18 Å². The summed E-state index contributed by atoms with van der Waals surface area (Å²) < 4.78 is 13.5. The molecular formula is C17H17FN2O. The van der Waals surface area contributed by atoms with Crippen molar-refractivity contribution in [1.29, 1.82) is 0 Å². The first-order valence-corrected chi connectivity index (χ1v) is 7.13. The van der Waals surface area contributed by atoms with Crippen LogP contribution in [0.3, 0.4) is 0 Å². The first kappa shape index (κ1) is 13.6. The Kier molecular flexibility index (Phi) is 3.60. The van der Waals surface area contributed by atoms with Crippen LogP contribution < -0.4 is 10.2 Å². The highest BCUT2D eigenvalue weighted by molar-refractivity contribution is 6.05. The highest BCUT2D eigenvalue weighted by atomic mass is 19.1. The van der Waals surface area contributed by atoms with Gasteiger partial charge >= 0.3 is 0 Å². The standard InChI is InChI=1S/C17H17FN2O/c1-2-10-20-15-9-8-13(18)11-14(15)19-16(17(20)21)12-6-4-3-5-7-12/h3-9,11,16,19H,2,10H2,1H3. The Morgan fingerprint density at radius 1 is 1.19 bits per heavy atom. The van der Waals surface area contributed by atoms with Crippen molar-refractivity contribution >= 4 is 17.3 Å². The lowest BCUT2D eigenvalue weighted by Gasteiger charge is -2.35. The van der Waals surface area contributed by atoms with Gasteiger partial charge in [-0.1, -0.05) is 37.3 Å². The molecule has 0 saturated heterocycles. The number of amides is 1. The molecule has 1 unspecified atom stereocenters. The molecular weight excluding hydrogens is 267 g/mol. The second-order valence-corrected chi connectivity index (χ2v) is 5.14. The lowest BCUT2D eigenvalue weighted by molar-refractivity contribution is -0.119. The Balaban J connectivity index is 2.05. The quantitative estimate of drug-likeness (QED) is 0.931. The molecule has 1 aliphatic rings. The average Bonchev–Trinajstić information content (AvgIpc) is 2.51. The number of carbonyl (C=O) groups excluding carboxylic acids is 1. The van der Waals surface area contributed by atoms with Crippen LogP contribution >= 0.6 is 0 Å². The number of benzene rings is 2. The summed E-state index contributed by atoms with van der Waals surface area (Å²) in [7, 11) is 0. The largest absolute Gasteiger partial charge is 0.368 e. The van der Waals surface area contributed by atoms with E-state index in [4.69, 9.17) is 0 Å². The van der Waals surface area contributed by atoms with Crippen LogP contribution in [-0.2, 0) is 4.79 Å². The number of nitrogens with zero attached hydrogens (tertiary/aromatic N) is 1. The van der Waals surface area contributed by atoms with Crippen molar-refractivity contribution in [2.75, 3.05) is 16.8 Å². The Morgan fingerprint density at radius 3 is 2.67 bits per heavy atom. The number of nitrogens with one attached hydrogen (secondary N) is 1. The molecule has 2 aromatic carbocycles. The van der Waals surface area contributed by atoms with E-state index < -0.39 is 6.04 Å². The highest BCUT2D eigenvalue weighted by Gasteiger charge is 2.33. The summed E-state index contributed by atoms with van der Waals surface area (Å²) in [5.41, 5.74) is 2.30. The van der Waals surface area contributed by atoms with Gasteiger partial charge in [0.25, 0.3) is 5.91 Å². The minimum atomic E-state index is -0.466. The van der Waals surface area contributed by atoms with Crippen LogP contribution in [0, 0.1) is 5.82 Å². The maximum atomic E-state index is 13.5. The van der Waals surface area contributed by atoms with E-state index in [1.165, 1.54) is 12.1 Å². The molecule has 2 aromatic rings. The highest BCUT2D eigenvalue weighted by Crippen LogP contribution is 2.37. The molecule has 3 rings (SSSR count). The van der Waals surface area contributed by atoms with Crippen molar-refractivity contribution in [3.8, 4) is 0 Å². The molecule has 4 heteroatoms. The minimum Gasteiger partial charge on any atom is -0.368 e. The number of fused-ring (bicyclic) bond motifs is 1. The second kappa shape index (κ2) is 5.56. The molecule has 1 N–H and O–H groups in total. The first-order valence-electron chi connectivity index (χ1n) is 7.13. The van der Waals surface area contributed by atoms with Gasteiger partial charge in [-0.15, -0.1) is 0 Å². The molecule has 0 radical (unpaired) electrons. The number of rotatable bonds is 3. The van der Waals surface area contributed by atoms with Crippen LogP contribution in [0.5, 0.6) is 0 Å². The van der Waals surface area contributed by atoms with Crippen LogP contribution in [0.4, 0.5) is 15.8 Å². The molecule has 3 nitrogen and oxygen atoms in total. The Labute approximate surface area is 123 Å². The van der Waals surface area contributed by atoms with Gasteiger partial charge in [0.05, 0.1) is 11.4 Å². The fourth-order valence-corrected chi connectivity index (χ4v) is 2.68. The average molecular weight is 284 g/mol. The van der Waals surface area contributed by atoms with Crippen molar-refractivity contribution in [3.05, 3.63) is 59.9 Å². The maximum absolute atomic E-state index is 13.5. The van der Waals surface area contributed by atoms with E-state index in [1.807, 2.05) is 37.3 Å². The molecule has 108 valence electrons. The summed E-state index contributed by atoms with van der Waals surface area (Å²) in [4.78, 5) is 14.5. The van der Waals surface area contributed by atoms with Gasteiger partial charge in [0.15, 0.2) is 0 Å². The van der Waals surface area contributed by atoms with Gasteiger partial charge in [-0.05, 0) is 30.2 Å². The predicted molar refractivity (Wildman–Crippen MR) is 81.8 cm³/mol. The number of anilines is 2. The van der Waals surface area contributed by atoms with E-state index in [-0.39, 0.29) is 11.7 Å². The Hall–Kier alpha value is -2.36. The number of halogens is 1. The van der Waals surface area contributed by atoms with Crippen LogP contribution in [0.15, 0.2) is 48.5 Å². The van der Waals surface area contributed by atoms with Gasteiger partial charge < -0.3 is 10.2 Å². The maximum Gasteiger partial charge on any atom is 0.254 e. The van der Waals surface area contributed by atoms with E-state index in [2.05, 4.69) is 5.32 Å². The Bertz CT molecular complexity index is 657. The SMILES string of the molecule is CCCN1C(=O)C(c2ccccc2)Nc2cc(F)ccc21. The molecule has 0 fully saturated rings. The third kappa shape index (κ3) is 2.49. The summed E-state index contributed by atoms with van der Waals surface area (Å²) >= 11 is 0. The van der Waals surface area contributed by atoms with Crippen LogP contribution in [0.1, 0.15) is 24.9 Å². The topological polar surface area (TPSA) is 32.3 Å². The van der Waals surface area contributed by atoms with E-state index >= 15 is 0 Å². The molecule has 1 amide bonds. The van der Waals surface area contributed by atoms with Crippen molar-refractivity contribution in [2.24, 2.45) is 0 Å². The molecule has 0 aromatic heterocycles. The van der Waals surface area contributed by atoms with Gasteiger partial charge in [0.1, 0.15) is 11.9 Å². The van der Waals surface area contributed by atoms with E-state index in [0.717, 1.165) is 17.7 Å². The molecule has 0 saturated carbocycles. The molecule has 1 atom stereocenters. The van der Waals surface area contributed by atoms with Gasteiger partial charge in [-0.2, -0.15) is 0 Å². The zero-order valence-electron chi connectivity index (χ0n) is 11.8. The number of hydrogen-bond acceptors (Lipinski definition) is 2. The smallest absolute Gasteiger partial charge is 0.254 e. The van der Waals surface area contributed by atoms with Crippen LogP contribution in [0.25, 0.3) is 0 Å². The minimum absolute atomic E-state index is 0.00200. The van der Waals surface area contributed by atoms with Gasteiger partial charge in [-0.3, -0.25) is 4.79 Å². The fourth-order valence-electron chi connectivity index (χ4n) is 2.68. The van der Waals surface area contributed by atoms with Crippen LogP contribution in [0.2, 0.25) is 0 Å². The van der Waals surface area contributed by atoms with E-state index in [1.54, 1.807) is 11.0 Å². The monoisotopic (exact) mass is 284 g/mol. The van der Waals surface area contributed by atoms with Crippen molar-refractivity contribution in [1.82, 2.24) is 0 Å². The summed E-state index contributed by atoms with van der Waals surface area (Å²) in [6.45, 7) is 2.65. The molecule has 0 aliphatic carbocycles. The zero-order chi connectivity index (χ0) is 14.8. The van der Waals surface area contributed by atoms with Crippen molar-refractivity contribution in [2.45, 2.75) is 19.4 Å². The molecule has 1 heterocycles. The second-order valence-electron chi connectivity index (χ2n) is 5.14. The van der Waals surface area contributed by atoms with Crippen LogP contribution in [-0.4, -0.2) is 12.5 Å². The third-order valence-corrected chi connectivity index (χ3v) is 3.64. The lowest BCUT2D eigenvalue weighted by Crippen LogP contribution is -2.42. The van der Waals surface area contributed by atoms with Gasteiger partial charge in [0.2, 0.25) is 0 Å². The first-order chi connectivity index (χ1) is 10.2.